The van der Waals surface area contributed by atoms with E-state index in [0.717, 1.165) is 5.56 Å². The summed E-state index contributed by atoms with van der Waals surface area (Å²) in [6, 6.07) is 4.85. The Balaban J connectivity index is 2.62. The van der Waals surface area contributed by atoms with Crippen LogP contribution in [0.4, 0.5) is 0 Å². The highest BCUT2D eigenvalue weighted by Crippen LogP contribution is 2.39. The Morgan fingerprint density at radius 3 is 2.60 bits per heavy atom. The topological polar surface area (TPSA) is 72.6 Å². The molecule has 0 bridgehead atoms. The quantitative estimate of drug-likeness (QED) is 0.928. The highest BCUT2D eigenvalue weighted by Gasteiger charge is 2.19. The van der Waals surface area contributed by atoms with Crippen LogP contribution in [0.3, 0.4) is 0 Å². The average Bonchev–Trinajstić information content (AvgIpc) is 2.87. The monoisotopic (exact) mass is 295 g/mol. The normalized spacial score (nSPS) is 10.8. The number of aromatic nitrogens is 1. The Morgan fingerprint density at radius 2 is 2.10 bits per heavy atom. The molecule has 0 atom stereocenters. The van der Waals surface area contributed by atoms with Crippen LogP contribution in [0.15, 0.2) is 22.7 Å². The van der Waals surface area contributed by atoms with Gasteiger partial charge in [-0.25, -0.2) is 4.79 Å². The van der Waals surface area contributed by atoms with Crippen LogP contribution in [-0.4, -0.2) is 23.3 Å². The number of hydrogen-bond acceptors (Lipinski definition) is 4. The highest BCUT2D eigenvalue weighted by atomic mass is 35.5. The zero-order valence-corrected chi connectivity index (χ0v) is 12.1. The molecule has 0 aliphatic heterocycles. The van der Waals surface area contributed by atoms with Crippen molar-refractivity contribution in [1.82, 2.24) is 5.16 Å². The summed E-state index contributed by atoms with van der Waals surface area (Å²) in [5.74, 6) is -0.579. The molecule has 1 N–H and O–H groups in total. The van der Waals surface area contributed by atoms with E-state index in [-0.39, 0.29) is 11.7 Å². The first-order chi connectivity index (χ1) is 9.43. The van der Waals surface area contributed by atoms with Gasteiger partial charge in [0.25, 0.3) is 0 Å². The molecule has 1 heterocycles. The number of rotatable bonds is 4. The summed E-state index contributed by atoms with van der Waals surface area (Å²) in [4.78, 5) is 10.9. The number of aromatic carboxylic acids is 1. The van der Waals surface area contributed by atoms with E-state index < -0.39 is 5.97 Å². The predicted octanol–water partition coefficient (Wildman–Crippen LogP) is 3.83. The van der Waals surface area contributed by atoms with E-state index in [4.69, 9.17) is 26.0 Å². The van der Waals surface area contributed by atoms with E-state index in [2.05, 4.69) is 5.16 Å². The number of carboxylic acid groups (broad SMARTS) is 1. The van der Waals surface area contributed by atoms with Crippen molar-refractivity contribution >= 4 is 17.6 Å². The molecule has 0 unspecified atom stereocenters. The van der Waals surface area contributed by atoms with Crippen molar-refractivity contribution in [3.8, 4) is 17.0 Å². The van der Waals surface area contributed by atoms with Gasteiger partial charge >= 0.3 is 5.97 Å². The zero-order valence-electron chi connectivity index (χ0n) is 11.3. The Morgan fingerprint density at radius 1 is 1.40 bits per heavy atom. The van der Waals surface area contributed by atoms with Gasteiger partial charge in [-0.1, -0.05) is 30.6 Å². The third-order valence-electron chi connectivity index (χ3n) is 2.91. The van der Waals surface area contributed by atoms with Gasteiger partial charge in [-0.2, -0.15) is 0 Å². The molecule has 0 radical (unpaired) electrons. The Labute approximate surface area is 121 Å². The average molecular weight is 296 g/mol. The molecular formula is C14H14ClNO4. The molecule has 0 saturated carbocycles. The van der Waals surface area contributed by atoms with Crippen molar-refractivity contribution < 1.29 is 19.2 Å². The summed E-state index contributed by atoms with van der Waals surface area (Å²) in [6.45, 7) is 4.03. The molecule has 106 valence electrons. The maximum Gasteiger partial charge on any atom is 0.374 e. The Hall–Kier alpha value is -2.01. The lowest BCUT2D eigenvalue weighted by Crippen LogP contribution is -1.97. The number of hydrogen-bond donors (Lipinski definition) is 1. The second-order valence-corrected chi connectivity index (χ2v) is 5.05. The largest absolute Gasteiger partial charge is 0.496 e. The molecule has 2 rings (SSSR count). The first-order valence-corrected chi connectivity index (χ1v) is 6.39. The molecule has 6 heteroatoms. The van der Waals surface area contributed by atoms with Crippen LogP contribution in [0.5, 0.6) is 5.75 Å². The van der Waals surface area contributed by atoms with Crippen molar-refractivity contribution in [3.05, 3.63) is 34.5 Å². The highest BCUT2D eigenvalue weighted by molar-refractivity contribution is 6.31. The van der Waals surface area contributed by atoms with Gasteiger partial charge in [0, 0.05) is 16.7 Å². The standard InChI is InChI=1S/C14H14ClNO4/c1-7(2)9-4-8(15)5-10(13(9)19-3)11-6-12(14(17)18)20-16-11/h4-7H,1-3H3,(H,17,18). The number of methoxy groups -OCH3 is 1. The van der Waals surface area contributed by atoms with Crippen LogP contribution in [0, 0.1) is 0 Å². The molecule has 0 amide bonds. The fourth-order valence-corrected chi connectivity index (χ4v) is 2.19. The zero-order chi connectivity index (χ0) is 14.9. The van der Waals surface area contributed by atoms with Gasteiger partial charge in [0.1, 0.15) is 11.4 Å². The molecule has 20 heavy (non-hydrogen) atoms. The van der Waals surface area contributed by atoms with Gasteiger partial charge in [0.05, 0.1) is 7.11 Å². The summed E-state index contributed by atoms with van der Waals surface area (Å²) in [6.07, 6.45) is 0. The van der Waals surface area contributed by atoms with Crippen LogP contribution >= 0.6 is 11.6 Å². The Bertz CT molecular complexity index is 649. The molecule has 5 nitrogen and oxygen atoms in total. The number of nitrogens with zero attached hydrogens (tertiary/aromatic N) is 1. The van der Waals surface area contributed by atoms with Gasteiger partial charge < -0.3 is 14.4 Å². The number of halogens is 1. The van der Waals surface area contributed by atoms with Crippen molar-refractivity contribution in [1.29, 1.82) is 0 Å². The smallest absolute Gasteiger partial charge is 0.374 e. The molecule has 0 fully saturated rings. The predicted molar refractivity (Wildman–Crippen MR) is 74.5 cm³/mol. The molecule has 0 aliphatic carbocycles. The number of carboxylic acids is 1. The van der Waals surface area contributed by atoms with Gasteiger partial charge in [-0.15, -0.1) is 0 Å². The lowest BCUT2D eigenvalue weighted by atomic mass is 9.97. The van der Waals surface area contributed by atoms with E-state index in [1.54, 1.807) is 13.2 Å². The molecule has 0 aliphatic rings. The maximum atomic E-state index is 10.9. The molecular weight excluding hydrogens is 282 g/mol. The molecule has 0 saturated heterocycles. The molecule has 0 spiro atoms. The molecule has 2 aromatic rings. The van der Waals surface area contributed by atoms with E-state index in [0.29, 0.717) is 22.0 Å². The van der Waals surface area contributed by atoms with E-state index in [9.17, 15) is 4.79 Å². The van der Waals surface area contributed by atoms with Crippen molar-refractivity contribution in [2.45, 2.75) is 19.8 Å². The Kier molecular flexibility index (Phi) is 3.99. The fourth-order valence-electron chi connectivity index (χ4n) is 1.96. The van der Waals surface area contributed by atoms with Gasteiger partial charge in [0.2, 0.25) is 5.76 Å². The molecule has 1 aromatic heterocycles. The minimum atomic E-state index is -1.17. The second kappa shape index (κ2) is 5.54. The SMILES string of the molecule is COc1c(-c2cc(C(=O)O)on2)cc(Cl)cc1C(C)C. The second-order valence-electron chi connectivity index (χ2n) is 4.61. The van der Waals surface area contributed by atoms with Gasteiger partial charge in [0.15, 0.2) is 0 Å². The number of carbonyl (C=O) groups is 1. The number of ether oxygens (including phenoxy) is 1. The van der Waals surface area contributed by atoms with Crippen LogP contribution in [0.1, 0.15) is 35.9 Å². The van der Waals surface area contributed by atoms with Gasteiger partial charge in [-0.05, 0) is 23.6 Å². The maximum absolute atomic E-state index is 10.9. The summed E-state index contributed by atoms with van der Waals surface area (Å²) in [5, 5.41) is 13.2. The summed E-state index contributed by atoms with van der Waals surface area (Å²) >= 11 is 6.11. The van der Waals surface area contributed by atoms with E-state index >= 15 is 0 Å². The molecule has 1 aromatic carbocycles. The van der Waals surface area contributed by atoms with Crippen LogP contribution < -0.4 is 4.74 Å². The van der Waals surface area contributed by atoms with Crippen molar-refractivity contribution in [2.75, 3.05) is 7.11 Å². The fraction of sp³-hybridized carbons (Fsp3) is 0.286. The van der Waals surface area contributed by atoms with E-state index in [1.165, 1.54) is 6.07 Å². The number of benzene rings is 1. The van der Waals surface area contributed by atoms with Gasteiger partial charge in [-0.3, -0.25) is 0 Å². The van der Waals surface area contributed by atoms with Crippen molar-refractivity contribution in [2.24, 2.45) is 0 Å². The minimum Gasteiger partial charge on any atom is -0.496 e. The van der Waals surface area contributed by atoms with E-state index in [1.807, 2.05) is 19.9 Å². The lowest BCUT2D eigenvalue weighted by Gasteiger charge is -2.15. The third-order valence-corrected chi connectivity index (χ3v) is 3.12. The van der Waals surface area contributed by atoms with Crippen LogP contribution in [-0.2, 0) is 0 Å². The van der Waals surface area contributed by atoms with Crippen LogP contribution in [0.2, 0.25) is 5.02 Å². The first-order valence-electron chi connectivity index (χ1n) is 6.01. The van der Waals surface area contributed by atoms with Crippen molar-refractivity contribution in [3.63, 3.8) is 0 Å². The summed E-state index contributed by atoms with van der Waals surface area (Å²) in [5.41, 5.74) is 1.92. The summed E-state index contributed by atoms with van der Waals surface area (Å²) in [7, 11) is 1.55. The van der Waals surface area contributed by atoms with Crippen LogP contribution in [0.25, 0.3) is 11.3 Å². The minimum absolute atomic E-state index is 0.202. The third kappa shape index (κ3) is 2.63. The lowest BCUT2D eigenvalue weighted by molar-refractivity contribution is 0.0652. The first kappa shape index (κ1) is 14.4. The summed E-state index contributed by atoms with van der Waals surface area (Å²) < 4.78 is 10.2.